The molecule has 0 amide bonds. The van der Waals surface area contributed by atoms with Gasteiger partial charge in [-0.1, -0.05) is 19.9 Å². The van der Waals surface area contributed by atoms with E-state index < -0.39 is 0 Å². The SMILES string of the molecule is CNc1ncc(-c2ccc(N)cc2C)cc1C(=O)CC(C)C. The van der Waals surface area contributed by atoms with E-state index in [1.54, 1.807) is 13.2 Å². The number of rotatable bonds is 5. The van der Waals surface area contributed by atoms with Gasteiger partial charge in [0.05, 0.1) is 5.56 Å². The van der Waals surface area contributed by atoms with Crippen LogP contribution in [0.2, 0.25) is 0 Å². The summed E-state index contributed by atoms with van der Waals surface area (Å²) in [6, 6.07) is 7.68. The van der Waals surface area contributed by atoms with Crippen molar-refractivity contribution in [2.75, 3.05) is 18.1 Å². The van der Waals surface area contributed by atoms with E-state index in [4.69, 9.17) is 5.73 Å². The molecule has 0 saturated carbocycles. The van der Waals surface area contributed by atoms with E-state index in [1.807, 2.05) is 45.0 Å². The fourth-order valence-corrected chi connectivity index (χ4v) is 2.52. The van der Waals surface area contributed by atoms with Crippen molar-refractivity contribution in [3.05, 3.63) is 41.6 Å². The maximum atomic E-state index is 12.5. The van der Waals surface area contributed by atoms with E-state index in [-0.39, 0.29) is 5.78 Å². The van der Waals surface area contributed by atoms with Crippen molar-refractivity contribution in [2.24, 2.45) is 5.92 Å². The van der Waals surface area contributed by atoms with Gasteiger partial charge in [0.15, 0.2) is 5.78 Å². The third-order valence-corrected chi connectivity index (χ3v) is 3.58. The third kappa shape index (κ3) is 3.45. The highest BCUT2D eigenvalue weighted by Crippen LogP contribution is 2.28. The molecule has 3 N–H and O–H groups in total. The Hall–Kier alpha value is -2.36. The highest BCUT2D eigenvalue weighted by Gasteiger charge is 2.15. The van der Waals surface area contributed by atoms with Crippen molar-refractivity contribution in [3.8, 4) is 11.1 Å². The largest absolute Gasteiger partial charge is 0.399 e. The van der Waals surface area contributed by atoms with Crippen molar-refractivity contribution in [1.29, 1.82) is 0 Å². The van der Waals surface area contributed by atoms with E-state index in [2.05, 4.69) is 10.3 Å². The van der Waals surface area contributed by atoms with Gasteiger partial charge in [0.25, 0.3) is 0 Å². The molecule has 0 fully saturated rings. The lowest BCUT2D eigenvalue weighted by atomic mass is 9.96. The van der Waals surface area contributed by atoms with Crippen LogP contribution in [-0.2, 0) is 0 Å². The number of carbonyl (C=O) groups is 1. The number of benzene rings is 1. The van der Waals surface area contributed by atoms with Crippen LogP contribution in [0.4, 0.5) is 11.5 Å². The number of hydrogen-bond acceptors (Lipinski definition) is 4. The zero-order valence-electron chi connectivity index (χ0n) is 13.6. The molecule has 1 heterocycles. The number of aromatic nitrogens is 1. The molecule has 2 rings (SSSR count). The second-order valence-corrected chi connectivity index (χ2v) is 5.97. The molecule has 2 aromatic rings. The van der Waals surface area contributed by atoms with Crippen molar-refractivity contribution >= 4 is 17.3 Å². The molecule has 0 bridgehead atoms. The Kier molecular flexibility index (Phi) is 4.81. The molecular formula is C18H23N3O. The number of ketones is 1. The second-order valence-electron chi connectivity index (χ2n) is 5.97. The monoisotopic (exact) mass is 297 g/mol. The summed E-state index contributed by atoms with van der Waals surface area (Å²) in [5.41, 5.74) is 10.2. The molecular weight excluding hydrogens is 274 g/mol. The summed E-state index contributed by atoms with van der Waals surface area (Å²) < 4.78 is 0. The maximum absolute atomic E-state index is 12.5. The minimum absolute atomic E-state index is 0.113. The zero-order chi connectivity index (χ0) is 16.3. The molecule has 22 heavy (non-hydrogen) atoms. The van der Waals surface area contributed by atoms with Crippen LogP contribution in [0.1, 0.15) is 36.2 Å². The van der Waals surface area contributed by atoms with Gasteiger partial charge in [-0.2, -0.15) is 0 Å². The molecule has 0 aliphatic rings. The second kappa shape index (κ2) is 6.60. The zero-order valence-corrected chi connectivity index (χ0v) is 13.6. The average Bonchev–Trinajstić information content (AvgIpc) is 2.46. The minimum Gasteiger partial charge on any atom is -0.399 e. The van der Waals surface area contributed by atoms with Crippen LogP contribution in [0, 0.1) is 12.8 Å². The van der Waals surface area contributed by atoms with E-state index in [9.17, 15) is 4.79 Å². The third-order valence-electron chi connectivity index (χ3n) is 3.58. The summed E-state index contributed by atoms with van der Waals surface area (Å²) in [6.45, 7) is 6.09. The fraction of sp³-hybridized carbons (Fsp3) is 0.333. The lowest BCUT2D eigenvalue weighted by Crippen LogP contribution is -2.09. The Labute approximate surface area is 131 Å². The van der Waals surface area contributed by atoms with Crippen molar-refractivity contribution < 1.29 is 4.79 Å². The van der Waals surface area contributed by atoms with Gasteiger partial charge >= 0.3 is 0 Å². The van der Waals surface area contributed by atoms with E-state index in [1.165, 1.54) is 0 Å². The van der Waals surface area contributed by atoms with Gasteiger partial charge in [-0.05, 0) is 42.2 Å². The van der Waals surface area contributed by atoms with Gasteiger partial charge in [-0.3, -0.25) is 4.79 Å². The van der Waals surface area contributed by atoms with Gasteiger partial charge in [0, 0.05) is 30.9 Å². The predicted molar refractivity (Wildman–Crippen MR) is 92.2 cm³/mol. The van der Waals surface area contributed by atoms with Crippen molar-refractivity contribution in [1.82, 2.24) is 4.98 Å². The smallest absolute Gasteiger partial charge is 0.166 e. The van der Waals surface area contributed by atoms with E-state index in [0.717, 1.165) is 22.4 Å². The number of aryl methyl sites for hydroxylation is 1. The predicted octanol–water partition coefficient (Wildman–Crippen LogP) is 3.91. The van der Waals surface area contributed by atoms with Crippen LogP contribution in [0.25, 0.3) is 11.1 Å². The number of nitrogens with one attached hydrogen (secondary N) is 1. The quantitative estimate of drug-likeness (QED) is 0.648. The Morgan fingerprint density at radius 1 is 1.32 bits per heavy atom. The first-order valence-corrected chi connectivity index (χ1v) is 7.50. The number of nitrogen functional groups attached to an aromatic ring is 1. The molecule has 0 atom stereocenters. The van der Waals surface area contributed by atoms with Gasteiger partial charge < -0.3 is 11.1 Å². The Morgan fingerprint density at radius 2 is 2.05 bits per heavy atom. The molecule has 0 aliphatic carbocycles. The van der Waals surface area contributed by atoms with E-state index in [0.29, 0.717) is 23.7 Å². The molecule has 0 radical (unpaired) electrons. The molecule has 0 spiro atoms. The number of nitrogens with zero attached hydrogens (tertiary/aromatic N) is 1. The van der Waals surface area contributed by atoms with Gasteiger partial charge in [-0.25, -0.2) is 4.98 Å². The number of carbonyl (C=O) groups excluding carboxylic acids is 1. The lowest BCUT2D eigenvalue weighted by Gasteiger charge is -2.12. The van der Waals surface area contributed by atoms with Gasteiger partial charge in [0.2, 0.25) is 0 Å². The lowest BCUT2D eigenvalue weighted by molar-refractivity contribution is 0.0968. The summed E-state index contributed by atoms with van der Waals surface area (Å²) in [7, 11) is 1.78. The first kappa shape index (κ1) is 16.0. The van der Waals surface area contributed by atoms with Gasteiger partial charge in [-0.15, -0.1) is 0 Å². The van der Waals surface area contributed by atoms with Crippen LogP contribution >= 0.6 is 0 Å². The molecule has 0 aliphatic heterocycles. The average molecular weight is 297 g/mol. The molecule has 1 aromatic heterocycles. The molecule has 4 heteroatoms. The summed E-state index contributed by atoms with van der Waals surface area (Å²) in [6.07, 6.45) is 2.30. The molecule has 116 valence electrons. The molecule has 1 aromatic carbocycles. The highest BCUT2D eigenvalue weighted by molar-refractivity contribution is 6.01. The van der Waals surface area contributed by atoms with Gasteiger partial charge in [0.1, 0.15) is 5.82 Å². The highest BCUT2D eigenvalue weighted by atomic mass is 16.1. The fourth-order valence-electron chi connectivity index (χ4n) is 2.52. The van der Waals surface area contributed by atoms with Crippen LogP contribution in [0.3, 0.4) is 0 Å². The summed E-state index contributed by atoms with van der Waals surface area (Å²) in [5, 5.41) is 3.00. The summed E-state index contributed by atoms with van der Waals surface area (Å²) in [5.74, 6) is 1.06. The normalized spacial score (nSPS) is 10.8. The van der Waals surface area contributed by atoms with Crippen molar-refractivity contribution in [3.63, 3.8) is 0 Å². The number of pyridine rings is 1. The number of nitrogens with two attached hydrogens (primary N) is 1. The number of hydrogen-bond donors (Lipinski definition) is 2. The van der Waals surface area contributed by atoms with Crippen LogP contribution in [-0.4, -0.2) is 17.8 Å². The van der Waals surface area contributed by atoms with Crippen molar-refractivity contribution in [2.45, 2.75) is 27.2 Å². The molecule has 4 nitrogen and oxygen atoms in total. The summed E-state index contributed by atoms with van der Waals surface area (Å²) in [4.78, 5) is 16.9. The van der Waals surface area contributed by atoms with Crippen LogP contribution < -0.4 is 11.1 Å². The Morgan fingerprint density at radius 3 is 2.64 bits per heavy atom. The standard InChI is InChI=1S/C18H23N3O/c1-11(2)7-17(22)16-9-13(10-21-18(16)20-4)15-6-5-14(19)8-12(15)3/h5-6,8-11H,7,19H2,1-4H3,(H,20,21). The minimum atomic E-state index is 0.113. The number of Topliss-reactive ketones (excluding diaryl/α,β-unsaturated/α-hetero) is 1. The summed E-state index contributed by atoms with van der Waals surface area (Å²) >= 11 is 0. The topological polar surface area (TPSA) is 68.0 Å². The number of anilines is 2. The van der Waals surface area contributed by atoms with E-state index >= 15 is 0 Å². The Balaban J connectivity index is 2.48. The Bertz CT molecular complexity index is 693. The maximum Gasteiger partial charge on any atom is 0.166 e. The molecule has 0 unspecified atom stereocenters. The molecule has 0 saturated heterocycles. The first-order valence-electron chi connectivity index (χ1n) is 7.50. The van der Waals surface area contributed by atoms with Crippen LogP contribution in [0.5, 0.6) is 0 Å². The first-order chi connectivity index (χ1) is 10.4. The van der Waals surface area contributed by atoms with Crippen LogP contribution in [0.15, 0.2) is 30.5 Å².